The van der Waals surface area contributed by atoms with Crippen molar-refractivity contribution in [2.45, 2.75) is 33.6 Å². The Hall–Kier alpha value is -1.02. The molecule has 0 saturated carbocycles. The molecule has 0 atom stereocenters. The molecule has 0 aliphatic rings. The molecular weight excluding hydrogens is 236 g/mol. The van der Waals surface area contributed by atoms with E-state index < -0.39 is 0 Å². The largest absolute Gasteiger partial charge is 0.496 e. The van der Waals surface area contributed by atoms with Crippen LogP contribution in [-0.4, -0.2) is 12.9 Å². The van der Waals surface area contributed by atoms with Crippen molar-refractivity contribution >= 4 is 17.4 Å². The van der Waals surface area contributed by atoms with E-state index in [9.17, 15) is 4.79 Å². The average Bonchev–Trinajstić information content (AvgIpc) is 2.14. The van der Waals surface area contributed by atoms with E-state index in [4.69, 9.17) is 16.3 Å². The highest BCUT2D eigenvalue weighted by atomic mass is 35.5. The van der Waals surface area contributed by atoms with Crippen molar-refractivity contribution in [1.82, 2.24) is 0 Å². The van der Waals surface area contributed by atoms with Gasteiger partial charge in [-0.3, -0.25) is 4.79 Å². The number of Topliss-reactive ketones (excluding diaryl/α,β-unsaturated/α-hetero) is 1. The average molecular weight is 255 g/mol. The summed E-state index contributed by atoms with van der Waals surface area (Å²) in [5.41, 5.74) is 0.873. The molecule has 0 N–H and O–H groups in total. The Kier molecular flexibility index (Phi) is 4.58. The molecule has 0 amide bonds. The van der Waals surface area contributed by atoms with Crippen LogP contribution in [0.1, 0.15) is 32.8 Å². The quantitative estimate of drug-likeness (QED) is 0.815. The molecule has 3 heteroatoms. The summed E-state index contributed by atoms with van der Waals surface area (Å²) < 4.78 is 5.22. The van der Waals surface area contributed by atoms with Crippen LogP contribution in [0.2, 0.25) is 5.02 Å². The second-order valence-electron chi connectivity index (χ2n) is 5.41. The lowest BCUT2D eigenvalue weighted by molar-refractivity contribution is -0.120. The van der Waals surface area contributed by atoms with Crippen LogP contribution in [0.3, 0.4) is 0 Å². The maximum absolute atomic E-state index is 11.9. The number of carbonyl (C=O) groups excluding carboxylic acids is 1. The van der Waals surface area contributed by atoms with Crippen LogP contribution in [0.25, 0.3) is 0 Å². The monoisotopic (exact) mass is 254 g/mol. The van der Waals surface area contributed by atoms with Crippen LogP contribution >= 0.6 is 11.6 Å². The summed E-state index contributed by atoms with van der Waals surface area (Å²) in [5.74, 6) is 0.926. The molecule has 1 rings (SSSR count). The fourth-order valence-corrected chi connectivity index (χ4v) is 1.95. The van der Waals surface area contributed by atoms with Gasteiger partial charge >= 0.3 is 0 Å². The molecule has 0 bridgehead atoms. The van der Waals surface area contributed by atoms with Crippen LogP contribution in [0.5, 0.6) is 5.75 Å². The van der Waals surface area contributed by atoms with Gasteiger partial charge in [0.15, 0.2) is 0 Å². The summed E-state index contributed by atoms with van der Waals surface area (Å²) >= 11 is 5.92. The van der Waals surface area contributed by atoms with Crippen molar-refractivity contribution in [3.05, 3.63) is 28.8 Å². The highest BCUT2D eigenvalue weighted by molar-refractivity contribution is 6.30. The summed E-state index contributed by atoms with van der Waals surface area (Å²) in [6.07, 6.45) is 0.934. The van der Waals surface area contributed by atoms with Gasteiger partial charge in [0.2, 0.25) is 0 Å². The van der Waals surface area contributed by atoms with Gasteiger partial charge in [0.25, 0.3) is 0 Å². The minimum absolute atomic E-state index is 0.0168. The molecule has 0 aliphatic heterocycles. The van der Waals surface area contributed by atoms with Crippen molar-refractivity contribution in [3.63, 3.8) is 0 Å². The Labute approximate surface area is 108 Å². The Balaban J connectivity index is 2.80. The van der Waals surface area contributed by atoms with Crippen LogP contribution in [-0.2, 0) is 11.2 Å². The van der Waals surface area contributed by atoms with Gasteiger partial charge < -0.3 is 4.74 Å². The molecule has 1 aromatic carbocycles. The van der Waals surface area contributed by atoms with Gasteiger partial charge in [-0.1, -0.05) is 32.4 Å². The fraction of sp³-hybridized carbons (Fsp3) is 0.500. The van der Waals surface area contributed by atoms with Gasteiger partial charge in [-0.05, 0) is 23.6 Å². The van der Waals surface area contributed by atoms with Gasteiger partial charge in [-0.15, -0.1) is 0 Å². The van der Waals surface area contributed by atoms with E-state index >= 15 is 0 Å². The third kappa shape index (κ3) is 4.78. The SMILES string of the molecule is COc1ccc(Cl)cc1CC(=O)CC(C)(C)C. The van der Waals surface area contributed by atoms with Crippen molar-refractivity contribution in [2.24, 2.45) is 5.41 Å². The highest BCUT2D eigenvalue weighted by Crippen LogP contribution is 2.25. The lowest BCUT2D eigenvalue weighted by atomic mass is 9.88. The first kappa shape index (κ1) is 14.0. The smallest absolute Gasteiger partial charge is 0.137 e. The van der Waals surface area contributed by atoms with Gasteiger partial charge in [0.1, 0.15) is 11.5 Å². The molecule has 17 heavy (non-hydrogen) atoms. The summed E-state index contributed by atoms with van der Waals surface area (Å²) in [6.45, 7) is 6.17. The second kappa shape index (κ2) is 5.54. The summed E-state index contributed by atoms with van der Waals surface area (Å²) in [5, 5.41) is 0.629. The Bertz CT molecular complexity index is 405. The van der Waals surface area contributed by atoms with Crippen molar-refractivity contribution in [3.8, 4) is 5.75 Å². The molecule has 0 spiro atoms. The van der Waals surface area contributed by atoms with Crippen LogP contribution in [0.15, 0.2) is 18.2 Å². The van der Waals surface area contributed by atoms with E-state index in [1.54, 1.807) is 25.3 Å². The zero-order valence-electron chi connectivity index (χ0n) is 10.8. The molecule has 0 radical (unpaired) electrons. The van der Waals surface area contributed by atoms with Crippen LogP contribution in [0.4, 0.5) is 0 Å². The fourth-order valence-electron chi connectivity index (χ4n) is 1.75. The van der Waals surface area contributed by atoms with Crippen LogP contribution < -0.4 is 4.74 Å². The summed E-state index contributed by atoms with van der Waals surface area (Å²) in [6, 6.07) is 5.35. The van der Waals surface area contributed by atoms with Gasteiger partial charge in [0, 0.05) is 23.4 Å². The number of ketones is 1. The van der Waals surface area contributed by atoms with Crippen molar-refractivity contribution < 1.29 is 9.53 Å². The maximum atomic E-state index is 11.9. The third-order valence-corrected chi connectivity index (χ3v) is 2.59. The molecule has 1 aromatic rings. The maximum Gasteiger partial charge on any atom is 0.137 e. The molecule has 0 aromatic heterocycles. The summed E-state index contributed by atoms with van der Waals surface area (Å²) in [4.78, 5) is 11.9. The van der Waals surface area contributed by atoms with E-state index in [1.165, 1.54) is 0 Å². The van der Waals surface area contributed by atoms with E-state index in [0.717, 1.165) is 11.3 Å². The molecule has 0 unspecified atom stereocenters. The zero-order chi connectivity index (χ0) is 13.1. The summed E-state index contributed by atoms with van der Waals surface area (Å²) in [7, 11) is 1.60. The molecule has 0 aliphatic carbocycles. The molecule has 0 fully saturated rings. The standard InChI is InChI=1S/C14H19ClO2/c1-14(2,3)9-12(16)8-10-7-11(15)5-6-13(10)17-4/h5-7H,8-9H2,1-4H3. The number of carbonyl (C=O) groups is 1. The Morgan fingerprint density at radius 3 is 2.53 bits per heavy atom. The number of hydrogen-bond acceptors (Lipinski definition) is 2. The van der Waals surface area contributed by atoms with E-state index in [1.807, 2.05) is 0 Å². The Morgan fingerprint density at radius 2 is 2.00 bits per heavy atom. The number of hydrogen-bond donors (Lipinski definition) is 0. The predicted octanol–water partition coefficient (Wildman–Crippen LogP) is 3.90. The first-order valence-electron chi connectivity index (χ1n) is 5.66. The van der Waals surface area contributed by atoms with E-state index in [2.05, 4.69) is 20.8 Å². The normalized spacial score (nSPS) is 11.4. The number of ether oxygens (including phenoxy) is 1. The molecule has 94 valence electrons. The molecule has 0 saturated heterocycles. The van der Waals surface area contributed by atoms with Gasteiger partial charge in [-0.25, -0.2) is 0 Å². The number of rotatable bonds is 4. The third-order valence-electron chi connectivity index (χ3n) is 2.36. The number of halogens is 1. The first-order chi connectivity index (χ1) is 7.81. The van der Waals surface area contributed by atoms with E-state index in [0.29, 0.717) is 17.9 Å². The number of methoxy groups -OCH3 is 1. The predicted molar refractivity (Wildman–Crippen MR) is 70.8 cm³/mol. The molecule has 2 nitrogen and oxygen atoms in total. The number of benzene rings is 1. The van der Waals surface area contributed by atoms with Crippen LogP contribution in [0, 0.1) is 5.41 Å². The molecule has 0 heterocycles. The zero-order valence-corrected chi connectivity index (χ0v) is 11.6. The topological polar surface area (TPSA) is 26.3 Å². The first-order valence-corrected chi connectivity index (χ1v) is 6.04. The minimum Gasteiger partial charge on any atom is -0.496 e. The Morgan fingerprint density at radius 1 is 1.35 bits per heavy atom. The van der Waals surface area contributed by atoms with Crippen molar-refractivity contribution in [2.75, 3.05) is 7.11 Å². The van der Waals surface area contributed by atoms with Gasteiger partial charge in [-0.2, -0.15) is 0 Å². The molecular formula is C14H19ClO2. The van der Waals surface area contributed by atoms with E-state index in [-0.39, 0.29) is 11.2 Å². The second-order valence-corrected chi connectivity index (χ2v) is 5.85. The minimum atomic E-state index is 0.0168. The van der Waals surface area contributed by atoms with Crippen molar-refractivity contribution in [1.29, 1.82) is 0 Å². The lowest BCUT2D eigenvalue weighted by Gasteiger charge is -2.17. The van der Waals surface area contributed by atoms with Gasteiger partial charge in [0.05, 0.1) is 7.11 Å². The lowest BCUT2D eigenvalue weighted by Crippen LogP contribution is -2.15. The highest BCUT2D eigenvalue weighted by Gasteiger charge is 2.17.